The van der Waals surface area contributed by atoms with Crippen LogP contribution < -0.4 is 10.2 Å². The van der Waals surface area contributed by atoms with Crippen molar-refractivity contribution < 1.29 is 14.7 Å². The summed E-state index contributed by atoms with van der Waals surface area (Å²) in [7, 11) is 1.82. The molecule has 1 aliphatic rings. The Morgan fingerprint density at radius 1 is 1.27 bits per heavy atom. The van der Waals surface area contributed by atoms with Crippen LogP contribution in [0.5, 0.6) is 5.88 Å². The van der Waals surface area contributed by atoms with Crippen molar-refractivity contribution in [1.82, 2.24) is 4.73 Å². The molecule has 6 heteroatoms. The molecule has 5 nitrogen and oxygen atoms in total. The van der Waals surface area contributed by atoms with E-state index in [0.29, 0.717) is 33.9 Å². The van der Waals surface area contributed by atoms with Crippen LogP contribution >= 0.6 is 0 Å². The van der Waals surface area contributed by atoms with Crippen LogP contribution in [-0.2, 0) is 0 Å². The van der Waals surface area contributed by atoms with Crippen LogP contribution in [0.25, 0.3) is 5.70 Å². The zero-order chi connectivity index (χ0) is 16.0. The zero-order valence-electron chi connectivity index (χ0n) is 12.7. The van der Waals surface area contributed by atoms with Crippen LogP contribution in [-0.4, -0.2) is 28.6 Å². The van der Waals surface area contributed by atoms with Crippen molar-refractivity contribution in [2.24, 2.45) is 0 Å². The van der Waals surface area contributed by atoms with Crippen molar-refractivity contribution in [3.05, 3.63) is 46.9 Å². The first-order valence-corrected chi connectivity index (χ1v) is 6.96. The Hall–Kier alpha value is -2.63. The third kappa shape index (κ3) is 2.16. The van der Waals surface area contributed by atoms with Crippen LogP contribution in [0.15, 0.2) is 30.0 Å². The molecule has 1 aromatic carbocycles. The molecule has 2 heterocycles. The lowest BCUT2D eigenvalue weighted by atomic mass is 10.0. The molecule has 0 aliphatic carbocycles. The summed E-state index contributed by atoms with van der Waals surface area (Å²) >= 11 is 0. The van der Waals surface area contributed by atoms with Gasteiger partial charge in [0, 0.05) is 19.2 Å². The Morgan fingerprint density at radius 2 is 2.00 bits per heavy atom. The smallest absolute Gasteiger partial charge is 0.249 e. The molecule has 3 rings (SSSR count). The van der Waals surface area contributed by atoms with Gasteiger partial charge in [0.1, 0.15) is 11.5 Å². The fourth-order valence-corrected chi connectivity index (χ4v) is 2.81. The van der Waals surface area contributed by atoms with Crippen molar-refractivity contribution in [3.63, 3.8) is 0 Å². The van der Waals surface area contributed by atoms with Gasteiger partial charge in [-0.25, -0.2) is 4.39 Å². The number of aromatic nitrogens is 1. The number of hydrogen-bond donors (Lipinski definition) is 3. The summed E-state index contributed by atoms with van der Waals surface area (Å²) in [6.45, 7) is 4.33. The number of hydrogen-bond acceptors (Lipinski definition) is 4. The summed E-state index contributed by atoms with van der Waals surface area (Å²) in [4.78, 5) is 1.84. The number of nitrogens with one attached hydrogen (secondary N) is 1. The van der Waals surface area contributed by atoms with Gasteiger partial charge in [-0.15, -0.1) is 0 Å². The first kappa shape index (κ1) is 14.3. The van der Waals surface area contributed by atoms with Crippen molar-refractivity contribution >= 4 is 17.1 Å². The lowest BCUT2D eigenvalue weighted by Gasteiger charge is -2.28. The molecule has 0 spiro atoms. The summed E-state index contributed by atoms with van der Waals surface area (Å²) in [5, 5.41) is 22.8. The van der Waals surface area contributed by atoms with E-state index in [-0.39, 0.29) is 11.7 Å². The minimum atomic E-state index is -0.339. The Morgan fingerprint density at radius 3 is 2.68 bits per heavy atom. The number of aromatic hydroxyl groups is 1. The largest absolute Gasteiger partial charge is 0.491 e. The van der Waals surface area contributed by atoms with E-state index in [9.17, 15) is 14.7 Å². The molecular formula is C16H18FN3O2. The maximum atomic E-state index is 14.1. The van der Waals surface area contributed by atoms with Crippen LogP contribution in [0.4, 0.5) is 15.8 Å². The molecule has 3 N–H and O–H groups in total. The number of anilines is 2. The molecule has 116 valence electrons. The molecule has 1 aliphatic heterocycles. The van der Waals surface area contributed by atoms with E-state index >= 15 is 0 Å². The zero-order valence-corrected chi connectivity index (χ0v) is 12.7. The van der Waals surface area contributed by atoms with Crippen molar-refractivity contribution in [2.45, 2.75) is 13.8 Å². The second kappa shape index (κ2) is 4.98. The number of aryl methyl sites for hydroxylation is 1. The number of halogens is 1. The van der Waals surface area contributed by atoms with E-state index in [0.717, 1.165) is 11.1 Å². The lowest BCUT2D eigenvalue weighted by Crippen LogP contribution is -2.26. The minimum absolute atomic E-state index is 0.228. The van der Waals surface area contributed by atoms with Gasteiger partial charge in [0.2, 0.25) is 5.88 Å². The standard InChI is InChI=1S/C16H18FN3O2/c1-9-4-5-13(12(17)6-9)18-14-10(2)7-19(3)15-11(14)8-20(22)16(15)21/h4-6,8,18,21-22H,7H2,1-3H3. The summed E-state index contributed by atoms with van der Waals surface area (Å²) in [5.74, 6) is -0.567. The van der Waals surface area contributed by atoms with Crippen LogP contribution in [0.2, 0.25) is 0 Å². The minimum Gasteiger partial charge on any atom is -0.491 e. The van der Waals surface area contributed by atoms with Gasteiger partial charge >= 0.3 is 0 Å². The normalized spacial score (nSPS) is 14.3. The van der Waals surface area contributed by atoms with Crippen LogP contribution in [0.1, 0.15) is 18.1 Å². The Balaban J connectivity index is 2.07. The predicted octanol–water partition coefficient (Wildman–Crippen LogP) is 3.17. The second-order valence-corrected chi connectivity index (χ2v) is 5.68. The maximum absolute atomic E-state index is 14.1. The molecular weight excluding hydrogens is 285 g/mol. The van der Waals surface area contributed by atoms with Gasteiger partial charge in [0.15, 0.2) is 0 Å². The first-order valence-electron chi connectivity index (χ1n) is 6.96. The Kier molecular flexibility index (Phi) is 3.24. The van der Waals surface area contributed by atoms with Gasteiger partial charge in [-0.2, -0.15) is 4.73 Å². The van der Waals surface area contributed by atoms with E-state index in [2.05, 4.69) is 5.32 Å². The lowest BCUT2D eigenvalue weighted by molar-refractivity contribution is 0.157. The highest BCUT2D eigenvalue weighted by Gasteiger charge is 2.27. The molecule has 0 atom stereocenters. The molecule has 0 fully saturated rings. The highest BCUT2D eigenvalue weighted by atomic mass is 19.1. The average Bonchev–Trinajstić information content (AvgIpc) is 2.73. The second-order valence-electron chi connectivity index (χ2n) is 5.68. The monoisotopic (exact) mass is 303 g/mol. The molecule has 0 amide bonds. The van der Waals surface area contributed by atoms with E-state index < -0.39 is 0 Å². The van der Waals surface area contributed by atoms with Gasteiger partial charge in [0.25, 0.3) is 0 Å². The number of fused-ring (bicyclic) bond motifs is 1. The number of likely N-dealkylation sites (N-methyl/N-ethyl adjacent to an activating group) is 1. The molecule has 0 unspecified atom stereocenters. The summed E-state index contributed by atoms with van der Waals surface area (Å²) < 4.78 is 14.7. The molecule has 2 aromatic rings. The highest BCUT2D eigenvalue weighted by molar-refractivity contribution is 5.90. The van der Waals surface area contributed by atoms with Crippen LogP contribution in [0, 0.1) is 12.7 Å². The first-order chi connectivity index (χ1) is 10.4. The third-order valence-corrected chi connectivity index (χ3v) is 3.87. The maximum Gasteiger partial charge on any atom is 0.249 e. The quantitative estimate of drug-likeness (QED) is 0.746. The topological polar surface area (TPSA) is 60.7 Å². The van der Waals surface area contributed by atoms with Crippen LogP contribution in [0.3, 0.4) is 0 Å². The molecule has 1 aromatic heterocycles. The van der Waals surface area contributed by atoms with Gasteiger partial charge in [-0.05, 0) is 37.1 Å². The van der Waals surface area contributed by atoms with Gasteiger partial charge in [-0.3, -0.25) is 0 Å². The highest BCUT2D eigenvalue weighted by Crippen LogP contribution is 2.41. The van der Waals surface area contributed by atoms with Crippen molar-refractivity contribution in [3.8, 4) is 5.88 Å². The van der Waals surface area contributed by atoms with Gasteiger partial charge < -0.3 is 20.5 Å². The summed E-state index contributed by atoms with van der Waals surface area (Å²) in [6, 6.07) is 4.97. The molecule has 22 heavy (non-hydrogen) atoms. The number of benzene rings is 1. The summed E-state index contributed by atoms with van der Waals surface area (Å²) in [5.41, 5.74) is 4.03. The van der Waals surface area contributed by atoms with E-state index in [1.54, 1.807) is 6.07 Å². The van der Waals surface area contributed by atoms with E-state index in [1.807, 2.05) is 31.9 Å². The third-order valence-electron chi connectivity index (χ3n) is 3.87. The molecule has 0 saturated heterocycles. The molecule has 0 saturated carbocycles. The SMILES string of the molecule is CC1=C(Nc2ccc(C)cc2F)c2cn(O)c(O)c2N(C)C1. The number of rotatable bonds is 2. The van der Waals surface area contributed by atoms with E-state index in [4.69, 9.17) is 0 Å². The predicted molar refractivity (Wildman–Crippen MR) is 83.9 cm³/mol. The Labute approximate surface area is 127 Å². The molecule has 0 bridgehead atoms. The fraction of sp³-hybridized carbons (Fsp3) is 0.250. The Bertz CT molecular complexity index is 780. The van der Waals surface area contributed by atoms with Crippen molar-refractivity contribution in [1.29, 1.82) is 0 Å². The van der Waals surface area contributed by atoms with Gasteiger partial charge in [-0.1, -0.05) is 6.07 Å². The van der Waals surface area contributed by atoms with Crippen molar-refractivity contribution in [2.75, 3.05) is 23.8 Å². The average molecular weight is 303 g/mol. The fourth-order valence-electron chi connectivity index (χ4n) is 2.81. The molecule has 0 radical (unpaired) electrons. The van der Waals surface area contributed by atoms with Gasteiger partial charge in [0.05, 0.1) is 17.6 Å². The van der Waals surface area contributed by atoms with E-state index in [1.165, 1.54) is 12.3 Å². The summed E-state index contributed by atoms with van der Waals surface area (Å²) in [6.07, 6.45) is 1.41. The number of nitrogens with zero attached hydrogens (tertiary/aromatic N) is 2.